The van der Waals surface area contributed by atoms with Crippen LogP contribution in [0.4, 0.5) is 5.69 Å². The summed E-state index contributed by atoms with van der Waals surface area (Å²) in [5.41, 5.74) is 1.85. The van der Waals surface area contributed by atoms with Crippen LogP contribution < -0.4 is 9.64 Å². The number of ketones is 1. The van der Waals surface area contributed by atoms with Gasteiger partial charge < -0.3 is 14.4 Å². The van der Waals surface area contributed by atoms with E-state index >= 15 is 0 Å². The van der Waals surface area contributed by atoms with E-state index in [4.69, 9.17) is 9.47 Å². The standard InChI is InChI=1S/C35H32N2O5/c1-4-42-34(40)30-26(20-36(2)35(30)27-15-9-13-21-12-8-14-25(28(21)27)32(35)38)31-29(22-10-6-5-7-11-22)33(39)37(31)23-16-18-24(41-3)19-17-23/h5-19,26,29-31H,4,20H2,1-3H3/t26-,29+,30-,31-,35+/m0/s1. The topological polar surface area (TPSA) is 76.2 Å². The van der Waals surface area contributed by atoms with Crippen molar-refractivity contribution >= 4 is 34.1 Å². The highest BCUT2D eigenvalue weighted by Gasteiger charge is 2.69. The number of rotatable bonds is 6. The quantitative estimate of drug-likeness (QED) is 0.239. The number of anilines is 1. The molecule has 7 rings (SSSR count). The molecule has 0 saturated carbocycles. The minimum absolute atomic E-state index is 0.0364. The Morgan fingerprint density at radius 2 is 1.64 bits per heavy atom. The van der Waals surface area contributed by atoms with Crippen molar-refractivity contribution in [3.8, 4) is 5.75 Å². The van der Waals surface area contributed by atoms with Crippen molar-refractivity contribution in [1.82, 2.24) is 4.90 Å². The van der Waals surface area contributed by atoms with Crippen LogP contribution in [0.2, 0.25) is 0 Å². The predicted molar refractivity (Wildman–Crippen MR) is 160 cm³/mol. The van der Waals surface area contributed by atoms with Crippen LogP contribution in [0.25, 0.3) is 10.8 Å². The summed E-state index contributed by atoms with van der Waals surface area (Å²) < 4.78 is 11.1. The lowest BCUT2D eigenvalue weighted by Crippen LogP contribution is -2.65. The van der Waals surface area contributed by atoms with Crippen LogP contribution in [0, 0.1) is 11.8 Å². The van der Waals surface area contributed by atoms with Crippen molar-refractivity contribution in [2.75, 3.05) is 32.2 Å². The normalized spacial score (nSPS) is 26.6. The first-order valence-electron chi connectivity index (χ1n) is 14.4. The summed E-state index contributed by atoms with van der Waals surface area (Å²) in [6.45, 7) is 2.42. The number of hydrogen-bond donors (Lipinski definition) is 0. The summed E-state index contributed by atoms with van der Waals surface area (Å²) in [6, 6.07) is 28.4. The molecular formula is C35H32N2O5. The van der Waals surface area contributed by atoms with E-state index in [1.165, 1.54) is 0 Å². The van der Waals surface area contributed by atoms with Gasteiger partial charge in [-0.1, -0.05) is 66.7 Å². The fourth-order valence-corrected chi connectivity index (χ4v) is 7.85. The molecule has 4 aromatic carbocycles. The highest BCUT2D eigenvalue weighted by molar-refractivity contribution is 6.21. The van der Waals surface area contributed by atoms with Crippen LogP contribution >= 0.6 is 0 Å². The molecule has 0 unspecified atom stereocenters. The van der Waals surface area contributed by atoms with Crippen molar-refractivity contribution < 1.29 is 23.9 Å². The number of fused-ring (bicyclic) bond motifs is 1. The Kier molecular flexibility index (Phi) is 6.17. The molecule has 0 N–H and O–H groups in total. The van der Waals surface area contributed by atoms with E-state index in [0.29, 0.717) is 17.9 Å². The van der Waals surface area contributed by atoms with E-state index in [1.807, 2.05) is 103 Å². The van der Waals surface area contributed by atoms with Gasteiger partial charge in [-0.3, -0.25) is 19.3 Å². The molecule has 1 aliphatic carbocycles. The van der Waals surface area contributed by atoms with Crippen molar-refractivity contribution in [3.63, 3.8) is 0 Å². The Morgan fingerprint density at radius 3 is 2.33 bits per heavy atom. The highest BCUT2D eigenvalue weighted by atomic mass is 16.5. The number of methoxy groups -OCH3 is 1. The van der Waals surface area contributed by atoms with E-state index in [9.17, 15) is 14.4 Å². The first-order chi connectivity index (χ1) is 20.4. The molecule has 42 heavy (non-hydrogen) atoms. The van der Waals surface area contributed by atoms with Crippen LogP contribution in [-0.2, 0) is 19.9 Å². The van der Waals surface area contributed by atoms with Crippen LogP contribution in [0.5, 0.6) is 5.75 Å². The molecule has 0 radical (unpaired) electrons. The molecule has 2 heterocycles. The van der Waals surface area contributed by atoms with Gasteiger partial charge in [0.05, 0.1) is 31.6 Å². The molecule has 3 aliphatic rings. The van der Waals surface area contributed by atoms with E-state index in [2.05, 4.69) is 0 Å². The zero-order valence-corrected chi connectivity index (χ0v) is 23.8. The number of Topliss-reactive ketones (excluding diaryl/α,β-unsaturated/α-hetero) is 1. The Morgan fingerprint density at radius 1 is 0.929 bits per heavy atom. The second kappa shape index (κ2) is 9.81. The fraction of sp³-hybridized carbons (Fsp3) is 0.286. The summed E-state index contributed by atoms with van der Waals surface area (Å²) >= 11 is 0. The number of likely N-dealkylation sites (N-methyl/N-ethyl adjacent to an activating group) is 1. The molecule has 5 atom stereocenters. The van der Waals surface area contributed by atoms with Crippen LogP contribution in [0.15, 0.2) is 91.0 Å². The van der Waals surface area contributed by atoms with Crippen molar-refractivity contribution in [1.29, 1.82) is 0 Å². The van der Waals surface area contributed by atoms with Gasteiger partial charge in [-0.15, -0.1) is 0 Å². The second-order valence-electron chi connectivity index (χ2n) is 11.4. The highest BCUT2D eigenvalue weighted by Crippen LogP contribution is 2.58. The number of amides is 1. The van der Waals surface area contributed by atoms with Gasteiger partial charge in [-0.2, -0.15) is 0 Å². The van der Waals surface area contributed by atoms with E-state index < -0.39 is 23.3 Å². The number of ether oxygens (including phenoxy) is 2. The fourth-order valence-electron chi connectivity index (χ4n) is 7.85. The smallest absolute Gasteiger partial charge is 0.312 e. The monoisotopic (exact) mass is 560 g/mol. The zero-order valence-electron chi connectivity index (χ0n) is 23.8. The van der Waals surface area contributed by atoms with Gasteiger partial charge in [0.25, 0.3) is 0 Å². The third-order valence-electron chi connectivity index (χ3n) is 9.50. The zero-order chi connectivity index (χ0) is 29.2. The number of hydrogen-bond acceptors (Lipinski definition) is 6. The molecule has 0 aromatic heterocycles. The lowest BCUT2D eigenvalue weighted by molar-refractivity contribution is -0.153. The Balaban J connectivity index is 1.41. The Bertz CT molecular complexity index is 1710. The van der Waals surface area contributed by atoms with Crippen LogP contribution in [0.1, 0.15) is 34.3 Å². The molecule has 2 fully saturated rings. The number of benzene rings is 4. The number of esters is 1. The summed E-state index contributed by atoms with van der Waals surface area (Å²) in [4.78, 5) is 46.6. The Labute approximate surface area is 244 Å². The van der Waals surface area contributed by atoms with Gasteiger partial charge in [0.2, 0.25) is 5.91 Å². The summed E-state index contributed by atoms with van der Waals surface area (Å²) in [5.74, 6) is -1.51. The maximum atomic E-state index is 14.6. The lowest BCUT2D eigenvalue weighted by atomic mass is 9.66. The SMILES string of the molecule is CCOC(=O)[C@@H]1[C@@H]([C@H]2[C@@H](c3ccccc3)C(=O)N2c2ccc(OC)cc2)CN(C)[C@@]12C(=O)c1cccc3cccc2c13. The number of carbonyl (C=O) groups excluding carboxylic acids is 3. The van der Waals surface area contributed by atoms with Gasteiger partial charge in [0, 0.05) is 23.7 Å². The number of β-lactam (4-membered cyclic amide) rings is 1. The minimum Gasteiger partial charge on any atom is -0.497 e. The molecule has 2 aliphatic heterocycles. The molecule has 1 amide bonds. The third kappa shape index (κ3) is 3.46. The van der Waals surface area contributed by atoms with Gasteiger partial charge in [0.1, 0.15) is 11.3 Å². The van der Waals surface area contributed by atoms with Crippen molar-refractivity contribution in [2.24, 2.45) is 11.8 Å². The summed E-state index contributed by atoms with van der Waals surface area (Å²) in [7, 11) is 3.53. The average Bonchev–Trinajstić information content (AvgIpc) is 3.45. The maximum Gasteiger partial charge on any atom is 0.312 e. The molecule has 212 valence electrons. The summed E-state index contributed by atoms with van der Waals surface area (Å²) in [5, 5.41) is 1.86. The van der Waals surface area contributed by atoms with Gasteiger partial charge >= 0.3 is 5.97 Å². The molecular weight excluding hydrogens is 528 g/mol. The van der Waals surface area contributed by atoms with E-state index in [-0.39, 0.29) is 30.3 Å². The third-order valence-corrected chi connectivity index (χ3v) is 9.50. The van der Waals surface area contributed by atoms with Crippen molar-refractivity contribution in [2.45, 2.75) is 24.4 Å². The maximum absolute atomic E-state index is 14.6. The summed E-state index contributed by atoms with van der Waals surface area (Å²) in [6.07, 6.45) is 0. The largest absolute Gasteiger partial charge is 0.497 e. The van der Waals surface area contributed by atoms with E-state index in [0.717, 1.165) is 27.6 Å². The average molecular weight is 561 g/mol. The van der Waals surface area contributed by atoms with Gasteiger partial charge in [-0.05, 0) is 60.1 Å². The molecule has 7 heteroatoms. The molecule has 0 bridgehead atoms. The molecule has 1 spiro atoms. The Hall–Kier alpha value is -4.49. The predicted octanol–water partition coefficient (Wildman–Crippen LogP) is 5.18. The second-order valence-corrected chi connectivity index (χ2v) is 11.4. The number of nitrogens with zero attached hydrogens (tertiary/aromatic N) is 2. The molecule has 4 aromatic rings. The van der Waals surface area contributed by atoms with E-state index in [1.54, 1.807) is 18.9 Å². The minimum atomic E-state index is -1.23. The van der Waals surface area contributed by atoms with Crippen molar-refractivity contribution in [3.05, 3.63) is 108 Å². The van der Waals surface area contributed by atoms with Gasteiger partial charge in [-0.25, -0.2) is 0 Å². The number of likely N-dealkylation sites (tertiary alicyclic amines) is 1. The van der Waals surface area contributed by atoms with Crippen LogP contribution in [-0.4, -0.2) is 55.9 Å². The molecule has 2 saturated heterocycles. The molecule has 7 nitrogen and oxygen atoms in total. The first kappa shape index (κ1) is 26.4. The first-order valence-corrected chi connectivity index (χ1v) is 14.4. The lowest BCUT2D eigenvalue weighted by Gasteiger charge is -2.51. The van der Waals surface area contributed by atoms with Crippen LogP contribution in [0.3, 0.4) is 0 Å². The number of carbonyl (C=O) groups is 3. The van der Waals surface area contributed by atoms with Gasteiger partial charge in [0.15, 0.2) is 5.78 Å².